The summed E-state index contributed by atoms with van der Waals surface area (Å²) in [5.41, 5.74) is 1.06. The highest BCUT2D eigenvalue weighted by atomic mass is 16.4. The molecule has 4 nitrogen and oxygen atoms in total. The van der Waals surface area contributed by atoms with E-state index in [0.717, 1.165) is 30.7 Å². The van der Waals surface area contributed by atoms with Gasteiger partial charge in [-0.05, 0) is 19.8 Å². The number of imidazole rings is 1. The fraction of sp³-hybridized carbons (Fsp3) is 0.600. The highest BCUT2D eigenvalue weighted by Crippen LogP contribution is 2.44. The molecule has 1 aromatic heterocycles. The molecule has 0 aliphatic heterocycles. The molecule has 0 bridgehead atoms. The molecule has 14 heavy (non-hydrogen) atoms. The smallest absolute Gasteiger partial charge is 0.315 e. The van der Waals surface area contributed by atoms with Gasteiger partial charge in [0.2, 0.25) is 0 Å². The van der Waals surface area contributed by atoms with Crippen LogP contribution in [-0.4, -0.2) is 20.6 Å². The molecule has 0 amide bonds. The summed E-state index contributed by atoms with van der Waals surface area (Å²) in [5, 5.41) is 9.26. The quantitative estimate of drug-likeness (QED) is 0.770. The van der Waals surface area contributed by atoms with Gasteiger partial charge in [0.05, 0.1) is 17.7 Å². The van der Waals surface area contributed by atoms with Crippen molar-refractivity contribution in [3.63, 3.8) is 0 Å². The van der Waals surface area contributed by atoms with Crippen LogP contribution in [0.25, 0.3) is 0 Å². The molecule has 1 fully saturated rings. The summed E-state index contributed by atoms with van der Waals surface area (Å²) in [5.74, 6) is -0.713. The Morgan fingerprint density at radius 1 is 1.64 bits per heavy atom. The molecule has 0 spiro atoms. The summed E-state index contributed by atoms with van der Waals surface area (Å²) in [4.78, 5) is 15.4. The van der Waals surface area contributed by atoms with Gasteiger partial charge in [0.1, 0.15) is 5.41 Å². The zero-order chi connectivity index (χ0) is 10.3. The first-order chi connectivity index (χ1) is 6.58. The molecule has 0 aromatic carbocycles. The van der Waals surface area contributed by atoms with Crippen LogP contribution in [-0.2, 0) is 17.3 Å². The van der Waals surface area contributed by atoms with Crippen LogP contribution in [0.5, 0.6) is 0 Å². The predicted octanol–water partition coefficient (Wildman–Crippen LogP) is 1.23. The summed E-state index contributed by atoms with van der Waals surface area (Å²) in [7, 11) is 1.86. The lowest BCUT2D eigenvalue weighted by Gasteiger charge is -2.38. The zero-order valence-corrected chi connectivity index (χ0v) is 8.45. The van der Waals surface area contributed by atoms with Crippen LogP contribution < -0.4 is 0 Å². The number of hydrogen-bond acceptors (Lipinski definition) is 2. The first-order valence-electron chi connectivity index (χ1n) is 4.80. The molecule has 0 unspecified atom stereocenters. The van der Waals surface area contributed by atoms with Gasteiger partial charge in [0.15, 0.2) is 0 Å². The number of rotatable bonds is 2. The van der Waals surface area contributed by atoms with E-state index in [0.29, 0.717) is 0 Å². The second kappa shape index (κ2) is 2.83. The van der Waals surface area contributed by atoms with E-state index in [-0.39, 0.29) is 0 Å². The van der Waals surface area contributed by atoms with Gasteiger partial charge >= 0.3 is 5.97 Å². The summed E-state index contributed by atoms with van der Waals surface area (Å²) in [6.07, 6.45) is 4.16. The molecular weight excluding hydrogens is 180 g/mol. The number of carboxylic acid groups (broad SMARTS) is 1. The molecule has 1 aromatic rings. The van der Waals surface area contributed by atoms with Crippen LogP contribution in [0.1, 0.15) is 30.7 Å². The number of nitrogens with zero attached hydrogens (tertiary/aromatic N) is 2. The minimum Gasteiger partial charge on any atom is -0.481 e. The summed E-state index contributed by atoms with van der Waals surface area (Å²) >= 11 is 0. The van der Waals surface area contributed by atoms with Gasteiger partial charge in [-0.3, -0.25) is 4.79 Å². The average molecular weight is 194 g/mol. The van der Waals surface area contributed by atoms with Crippen molar-refractivity contribution in [2.24, 2.45) is 7.05 Å². The number of hydrogen-bond donors (Lipinski definition) is 1. The van der Waals surface area contributed by atoms with Crippen LogP contribution in [0.15, 0.2) is 6.33 Å². The van der Waals surface area contributed by atoms with E-state index in [1.807, 2.05) is 18.5 Å². The molecular formula is C10H14N2O2. The van der Waals surface area contributed by atoms with Crippen molar-refractivity contribution in [2.75, 3.05) is 0 Å². The Morgan fingerprint density at radius 2 is 2.29 bits per heavy atom. The molecule has 1 heterocycles. The van der Waals surface area contributed by atoms with Gasteiger partial charge in [-0.2, -0.15) is 0 Å². The maximum atomic E-state index is 11.3. The zero-order valence-electron chi connectivity index (χ0n) is 8.45. The van der Waals surface area contributed by atoms with E-state index >= 15 is 0 Å². The largest absolute Gasteiger partial charge is 0.481 e. The van der Waals surface area contributed by atoms with Gasteiger partial charge in [-0.25, -0.2) is 4.98 Å². The fourth-order valence-corrected chi connectivity index (χ4v) is 2.31. The maximum absolute atomic E-state index is 11.3. The molecule has 1 N–H and O–H groups in total. The summed E-state index contributed by atoms with van der Waals surface area (Å²) in [6.45, 7) is 1.87. The highest BCUT2D eigenvalue weighted by Gasteiger charge is 2.48. The summed E-state index contributed by atoms with van der Waals surface area (Å²) < 4.78 is 1.84. The molecule has 4 heteroatoms. The molecule has 1 saturated carbocycles. The third-order valence-electron chi connectivity index (χ3n) is 3.19. The van der Waals surface area contributed by atoms with Crippen LogP contribution in [0.2, 0.25) is 0 Å². The molecule has 76 valence electrons. The number of aliphatic carboxylic acids is 1. The van der Waals surface area contributed by atoms with Crippen molar-refractivity contribution < 1.29 is 9.90 Å². The lowest BCUT2D eigenvalue weighted by atomic mass is 9.66. The van der Waals surface area contributed by atoms with Gasteiger partial charge < -0.3 is 9.67 Å². The number of aryl methyl sites for hydroxylation is 2. The third kappa shape index (κ3) is 0.997. The Morgan fingerprint density at radius 3 is 2.57 bits per heavy atom. The Kier molecular flexibility index (Phi) is 1.87. The number of aromatic nitrogens is 2. The summed E-state index contributed by atoms with van der Waals surface area (Å²) in [6, 6.07) is 0. The van der Waals surface area contributed by atoms with Crippen molar-refractivity contribution in [1.29, 1.82) is 0 Å². The lowest BCUT2D eigenvalue weighted by molar-refractivity contribution is -0.147. The van der Waals surface area contributed by atoms with E-state index in [9.17, 15) is 9.90 Å². The van der Waals surface area contributed by atoms with Gasteiger partial charge in [0, 0.05) is 7.05 Å². The van der Waals surface area contributed by atoms with Crippen molar-refractivity contribution in [2.45, 2.75) is 31.6 Å². The van der Waals surface area contributed by atoms with Crippen LogP contribution >= 0.6 is 0 Å². The molecule has 1 aliphatic rings. The monoisotopic (exact) mass is 194 g/mol. The predicted molar refractivity (Wildman–Crippen MR) is 51.1 cm³/mol. The number of carboxylic acids is 1. The lowest BCUT2D eigenvalue weighted by Crippen LogP contribution is -2.44. The van der Waals surface area contributed by atoms with E-state index in [2.05, 4.69) is 4.98 Å². The normalized spacial score (nSPS) is 19.0. The Bertz CT molecular complexity index is 358. The number of carbonyl (C=O) groups is 1. The van der Waals surface area contributed by atoms with Crippen LogP contribution in [0.3, 0.4) is 0 Å². The van der Waals surface area contributed by atoms with Crippen molar-refractivity contribution in [3.8, 4) is 0 Å². The third-order valence-corrected chi connectivity index (χ3v) is 3.19. The Hall–Kier alpha value is -1.32. The van der Waals surface area contributed by atoms with Gasteiger partial charge in [-0.15, -0.1) is 0 Å². The topological polar surface area (TPSA) is 55.1 Å². The van der Waals surface area contributed by atoms with E-state index in [1.165, 1.54) is 0 Å². The van der Waals surface area contributed by atoms with Crippen LogP contribution in [0.4, 0.5) is 0 Å². The molecule has 2 rings (SSSR count). The SMILES string of the molecule is Cc1ncn(C)c1C1(C(=O)O)CCC1. The molecule has 1 aliphatic carbocycles. The Labute approximate surface area is 82.6 Å². The van der Waals surface area contributed by atoms with Crippen molar-refractivity contribution >= 4 is 5.97 Å². The van der Waals surface area contributed by atoms with Crippen molar-refractivity contribution in [3.05, 3.63) is 17.7 Å². The fourth-order valence-electron chi connectivity index (χ4n) is 2.31. The van der Waals surface area contributed by atoms with E-state index in [4.69, 9.17) is 0 Å². The van der Waals surface area contributed by atoms with E-state index in [1.54, 1.807) is 6.33 Å². The molecule has 0 atom stereocenters. The first kappa shape index (κ1) is 9.24. The first-order valence-corrected chi connectivity index (χ1v) is 4.80. The van der Waals surface area contributed by atoms with Gasteiger partial charge in [0.25, 0.3) is 0 Å². The van der Waals surface area contributed by atoms with Crippen molar-refractivity contribution in [1.82, 2.24) is 9.55 Å². The second-order valence-electron chi connectivity index (χ2n) is 4.03. The Balaban J connectivity index is 2.51. The average Bonchev–Trinajstić information content (AvgIpc) is 2.33. The van der Waals surface area contributed by atoms with E-state index < -0.39 is 11.4 Å². The maximum Gasteiger partial charge on any atom is 0.315 e. The van der Waals surface area contributed by atoms with Crippen LogP contribution in [0, 0.1) is 6.92 Å². The second-order valence-corrected chi connectivity index (χ2v) is 4.03. The standard InChI is InChI=1S/C10H14N2O2/c1-7-8(12(2)6-11-7)10(9(13)14)4-3-5-10/h6H,3-5H2,1-2H3,(H,13,14). The minimum atomic E-state index is -0.713. The minimum absolute atomic E-state index is 0.657. The molecule has 0 radical (unpaired) electrons. The molecule has 0 saturated heterocycles. The van der Waals surface area contributed by atoms with Gasteiger partial charge in [-0.1, -0.05) is 6.42 Å². The highest BCUT2D eigenvalue weighted by molar-refractivity contribution is 5.82.